The molecule has 0 radical (unpaired) electrons. The molecule has 0 aliphatic rings. The molecule has 5 nitrogen and oxygen atoms in total. The number of hydrogen-bond donors (Lipinski definition) is 0. The van der Waals surface area contributed by atoms with Gasteiger partial charge in [0.25, 0.3) is 0 Å². The fourth-order valence-electron chi connectivity index (χ4n) is 1.42. The molecule has 0 aromatic heterocycles. The topological polar surface area (TPSA) is 69.7 Å². The minimum absolute atomic E-state index is 0.121. The van der Waals surface area contributed by atoms with Gasteiger partial charge in [-0.05, 0) is 6.42 Å². The van der Waals surface area contributed by atoms with E-state index in [1.54, 1.807) is 0 Å². The van der Waals surface area contributed by atoms with Crippen LogP contribution in [-0.4, -0.2) is 21.5 Å². The molecule has 0 saturated heterocycles. The lowest BCUT2D eigenvalue weighted by atomic mass is 10.1. The standard InChI is InChI=1S/C11H22O5S/c1-3-4-5-6-7-8-9-10-11(12)16-17(13,14)15-2/h3-10H2,1-2H3. The highest BCUT2D eigenvalue weighted by Gasteiger charge is 2.15. The van der Waals surface area contributed by atoms with Crippen molar-refractivity contribution in [3.8, 4) is 0 Å². The van der Waals surface area contributed by atoms with Crippen LogP contribution >= 0.6 is 0 Å². The van der Waals surface area contributed by atoms with Crippen molar-refractivity contribution in [2.24, 2.45) is 0 Å². The van der Waals surface area contributed by atoms with Gasteiger partial charge in [0.15, 0.2) is 0 Å². The van der Waals surface area contributed by atoms with Crippen molar-refractivity contribution in [2.45, 2.75) is 58.3 Å². The van der Waals surface area contributed by atoms with Gasteiger partial charge in [-0.15, -0.1) is 0 Å². The molecule has 0 aromatic rings. The number of unbranched alkanes of at least 4 members (excludes halogenated alkanes) is 6. The zero-order valence-corrected chi connectivity index (χ0v) is 11.4. The van der Waals surface area contributed by atoms with Crippen LogP contribution in [0.2, 0.25) is 0 Å². The van der Waals surface area contributed by atoms with Crippen molar-refractivity contribution in [2.75, 3.05) is 7.11 Å². The van der Waals surface area contributed by atoms with Crippen LogP contribution in [-0.2, 0) is 23.6 Å². The van der Waals surface area contributed by atoms with Crippen molar-refractivity contribution >= 4 is 16.4 Å². The van der Waals surface area contributed by atoms with Crippen LogP contribution in [0.1, 0.15) is 58.3 Å². The molecule has 0 aliphatic carbocycles. The SMILES string of the molecule is CCCCCCCCCC(=O)OS(=O)(=O)OC. The Morgan fingerprint density at radius 3 is 2.06 bits per heavy atom. The summed E-state index contributed by atoms with van der Waals surface area (Å²) in [5.41, 5.74) is 0. The predicted octanol–water partition coefficient (Wildman–Crippen LogP) is 2.56. The average molecular weight is 266 g/mol. The Hall–Kier alpha value is -0.620. The minimum Gasteiger partial charge on any atom is -0.325 e. The molecule has 0 N–H and O–H groups in total. The summed E-state index contributed by atoms with van der Waals surface area (Å²) >= 11 is 0. The Morgan fingerprint density at radius 1 is 1.00 bits per heavy atom. The first-order valence-electron chi connectivity index (χ1n) is 6.04. The predicted molar refractivity (Wildman–Crippen MR) is 64.6 cm³/mol. The van der Waals surface area contributed by atoms with Gasteiger partial charge in [0.1, 0.15) is 0 Å². The zero-order valence-electron chi connectivity index (χ0n) is 10.6. The van der Waals surface area contributed by atoms with E-state index in [1.165, 1.54) is 25.7 Å². The fraction of sp³-hybridized carbons (Fsp3) is 0.909. The maximum absolute atomic E-state index is 11.1. The van der Waals surface area contributed by atoms with Gasteiger partial charge in [0.2, 0.25) is 0 Å². The maximum Gasteiger partial charge on any atom is 0.451 e. The molecule has 0 bridgehead atoms. The van der Waals surface area contributed by atoms with Gasteiger partial charge in [-0.25, -0.2) is 4.18 Å². The Labute approximate surface area is 104 Å². The summed E-state index contributed by atoms with van der Waals surface area (Å²) in [6.07, 6.45) is 7.62. The van der Waals surface area contributed by atoms with E-state index in [0.717, 1.165) is 20.0 Å². The molecule has 0 saturated carbocycles. The summed E-state index contributed by atoms with van der Waals surface area (Å²) in [6.45, 7) is 2.16. The largest absolute Gasteiger partial charge is 0.451 e. The van der Waals surface area contributed by atoms with E-state index in [4.69, 9.17) is 0 Å². The highest BCUT2D eigenvalue weighted by Crippen LogP contribution is 2.09. The Balaban J connectivity index is 3.46. The Kier molecular flexibility index (Phi) is 9.07. The van der Waals surface area contributed by atoms with E-state index in [1.807, 2.05) is 0 Å². The van der Waals surface area contributed by atoms with Gasteiger partial charge in [-0.3, -0.25) is 4.79 Å². The molecule has 0 fully saturated rings. The lowest BCUT2D eigenvalue weighted by Gasteiger charge is -2.03. The summed E-state index contributed by atoms with van der Waals surface area (Å²) in [5.74, 6) is -0.750. The summed E-state index contributed by atoms with van der Waals surface area (Å²) in [4.78, 5) is 11.1. The molecule has 0 rings (SSSR count). The lowest BCUT2D eigenvalue weighted by molar-refractivity contribution is -0.134. The lowest BCUT2D eigenvalue weighted by Crippen LogP contribution is -2.13. The highest BCUT2D eigenvalue weighted by atomic mass is 32.3. The molecule has 102 valence electrons. The second-order valence-corrected chi connectivity index (χ2v) is 5.22. The number of carbonyl (C=O) groups is 1. The summed E-state index contributed by atoms with van der Waals surface area (Å²) in [5, 5.41) is 0. The molecular formula is C11H22O5S. The molecule has 0 spiro atoms. The molecular weight excluding hydrogens is 244 g/mol. The van der Waals surface area contributed by atoms with Crippen LogP contribution in [0.5, 0.6) is 0 Å². The number of rotatable bonds is 10. The van der Waals surface area contributed by atoms with E-state index < -0.39 is 16.4 Å². The fourth-order valence-corrected chi connectivity index (χ4v) is 1.80. The van der Waals surface area contributed by atoms with Crippen LogP contribution in [0.15, 0.2) is 0 Å². The monoisotopic (exact) mass is 266 g/mol. The van der Waals surface area contributed by atoms with E-state index in [9.17, 15) is 13.2 Å². The van der Waals surface area contributed by atoms with Crippen LogP contribution in [0.25, 0.3) is 0 Å². The zero-order chi connectivity index (χ0) is 13.1. The normalized spacial score (nSPS) is 11.4. The third-order valence-corrected chi connectivity index (χ3v) is 3.18. The van der Waals surface area contributed by atoms with E-state index in [0.29, 0.717) is 6.42 Å². The van der Waals surface area contributed by atoms with E-state index >= 15 is 0 Å². The van der Waals surface area contributed by atoms with Crippen molar-refractivity contribution in [1.82, 2.24) is 0 Å². The summed E-state index contributed by atoms with van der Waals surface area (Å²) in [6, 6.07) is 0. The number of hydrogen-bond acceptors (Lipinski definition) is 5. The van der Waals surface area contributed by atoms with Crippen molar-refractivity contribution < 1.29 is 21.6 Å². The van der Waals surface area contributed by atoms with Gasteiger partial charge in [0, 0.05) is 6.42 Å². The third kappa shape index (κ3) is 10.3. The van der Waals surface area contributed by atoms with Crippen molar-refractivity contribution in [3.05, 3.63) is 0 Å². The smallest absolute Gasteiger partial charge is 0.325 e. The molecule has 0 aromatic carbocycles. The van der Waals surface area contributed by atoms with Crippen LogP contribution in [0, 0.1) is 0 Å². The van der Waals surface area contributed by atoms with Gasteiger partial charge in [-0.1, -0.05) is 45.4 Å². The molecule has 0 amide bonds. The molecule has 17 heavy (non-hydrogen) atoms. The quantitative estimate of drug-likeness (QED) is 0.568. The van der Waals surface area contributed by atoms with E-state index in [-0.39, 0.29) is 6.42 Å². The van der Waals surface area contributed by atoms with Crippen molar-refractivity contribution in [3.63, 3.8) is 0 Å². The minimum atomic E-state index is -4.12. The molecule has 0 aliphatic heterocycles. The maximum atomic E-state index is 11.1. The first-order chi connectivity index (χ1) is 8.02. The second kappa shape index (κ2) is 9.41. The van der Waals surface area contributed by atoms with Crippen LogP contribution < -0.4 is 0 Å². The second-order valence-electron chi connectivity index (χ2n) is 3.90. The van der Waals surface area contributed by atoms with Crippen molar-refractivity contribution in [1.29, 1.82) is 0 Å². The van der Waals surface area contributed by atoms with Crippen LogP contribution in [0.3, 0.4) is 0 Å². The summed E-state index contributed by atoms with van der Waals surface area (Å²) < 4.78 is 29.7. The molecule has 0 unspecified atom stereocenters. The molecule has 0 atom stereocenters. The first-order valence-corrected chi connectivity index (χ1v) is 7.38. The van der Waals surface area contributed by atoms with Crippen LogP contribution in [0.4, 0.5) is 0 Å². The average Bonchev–Trinajstić information content (AvgIpc) is 2.27. The molecule has 6 heteroatoms. The van der Waals surface area contributed by atoms with E-state index in [2.05, 4.69) is 15.3 Å². The van der Waals surface area contributed by atoms with Gasteiger partial charge >= 0.3 is 16.4 Å². The highest BCUT2D eigenvalue weighted by molar-refractivity contribution is 7.82. The summed E-state index contributed by atoms with van der Waals surface area (Å²) in [7, 11) is -3.17. The Bertz CT molecular complexity index is 297. The van der Waals surface area contributed by atoms with Gasteiger partial charge < -0.3 is 4.18 Å². The first kappa shape index (κ1) is 16.4. The van der Waals surface area contributed by atoms with Gasteiger partial charge in [0.05, 0.1) is 7.11 Å². The van der Waals surface area contributed by atoms with Gasteiger partial charge in [-0.2, -0.15) is 8.42 Å². The Morgan fingerprint density at radius 2 is 1.53 bits per heavy atom. The molecule has 0 heterocycles. The third-order valence-electron chi connectivity index (χ3n) is 2.38. The number of carbonyl (C=O) groups excluding carboxylic acids is 1.